The summed E-state index contributed by atoms with van der Waals surface area (Å²) in [6.07, 6.45) is 6.07. The van der Waals surface area contributed by atoms with Crippen molar-refractivity contribution in [3.05, 3.63) is 19.1 Å². The fraction of sp³-hybridized carbons (Fsp3) is 0.500. The Morgan fingerprint density at radius 1 is 1.70 bits per heavy atom. The second-order valence-corrected chi connectivity index (χ2v) is 1.92. The highest BCUT2D eigenvalue weighted by Gasteiger charge is 1.87. The van der Waals surface area contributed by atoms with E-state index < -0.39 is 0 Å². The summed E-state index contributed by atoms with van der Waals surface area (Å²) >= 11 is 0. The molecule has 0 spiro atoms. The molecule has 0 bridgehead atoms. The van der Waals surface area contributed by atoms with Gasteiger partial charge in [-0.05, 0) is 12.8 Å². The summed E-state index contributed by atoms with van der Waals surface area (Å²) in [6.45, 7) is 3.67. The number of unbranched alkanes of at least 4 members (excludes halogenated alkanes) is 2. The highest BCUT2D eigenvalue weighted by molar-refractivity contribution is 5.81. The fourth-order valence-corrected chi connectivity index (χ4v) is 0.510. The molecule has 0 N–H and O–H groups in total. The lowest BCUT2D eigenvalue weighted by atomic mass is 10.2. The van der Waals surface area contributed by atoms with Crippen molar-refractivity contribution in [1.82, 2.24) is 0 Å². The van der Waals surface area contributed by atoms with Crippen LogP contribution in [0.5, 0.6) is 0 Å². The monoisotopic (exact) mass is 141 g/mol. The Hall–Kier alpha value is -0.790. The predicted octanol–water partition coefficient (Wildman–Crippen LogP) is 1.72. The van der Waals surface area contributed by atoms with E-state index in [9.17, 15) is 4.79 Å². The number of methoxy groups -OCH3 is 1. The Morgan fingerprint density at radius 2 is 2.40 bits per heavy atom. The lowest BCUT2D eigenvalue weighted by Gasteiger charge is -1.89. The third-order valence-corrected chi connectivity index (χ3v) is 1.08. The van der Waals surface area contributed by atoms with Crippen molar-refractivity contribution in [3.63, 3.8) is 0 Å². The predicted molar refractivity (Wildman–Crippen MR) is 40.4 cm³/mol. The van der Waals surface area contributed by atoms with E-state index in [2.05, 4.69) is 11.7 Å². The number of ether oxygens (including phenoxy) is 1. The Balaban J connectivity index is 3.27. The molecular weight excluding hydrogens is 128 g/mol. The van der Waals surface area contributed by atoms with E-state index in [4.69, 9.17) is 0 Å². The van der Waals surface area contributed by atoms with Gasteiger partial charge in [-0.25, -0.2) is 4.79 Å². The first-order chi connectivity index (χ1) is 4.81. The van der Waals surface area contributed by atoms with Crippen LogP contribution in [0.15, 0.2) is 12.2 Å². The first-order valence-electron chi connectivity index (χ1n) is 3.35. The highest BCUT2D eigenvalue weighted by Crippen LogP contribution is 1.94. The minimum Gasteiger partial charge on any atom is -0.466 e. The Bertz CT molecular complexity index is 116. The van der Waals surface area contributed by atoms with Crippen LogP contribution in [0.4, 0.5) is 0 Å². The van der Waals surface area contributed by atoms with E-state index in [0.29, 0.717) is 0 Å². The molecule has 0 unspecified atom stereocenters. The van der Waals surface area contributed by atoms with Crippen LogP contribution in [-0.4, -0.2) is 13.1 Å². The number of rotatable bonds is 4. The van der Waals surface area contributed by atoms with Crippen molar-refractivity contribution in [1.29, 1.82) is 0 Å². The molecular formula is C8H13O2. The number of carbonyl (C=O) groups is 1. The zero-order valence-corrected chi connectivity index (χ0v) is 6.30. The molecule has 0 heterocycles. The molecule has 0 aliphatic heterocycles. The van der Waals surface area contributed by atoms with Crippen molar-refractivity contribution < 1.29 is 9.53 Å². The van der Waals surface area contributed by atoms with Gasteiger partial charge in [-0.15, -0.1) is 0 Å². The maximum absolute atomic E-state index is 10.5. The minimum absolute atomic E-state index is 0.288. The van der Waals surface area contributed by atoms with Crippen LogP contribution in [0.2, 0.25) is 0 Å². The maximum Gasteiger partial charge on any atom is 0.330 e. The first kappa shape index (κ1) is 9.21. The largest absolute Gasteiger partial charge is 0.466 e. The Kier molecular flexibility index (Phi) is 5.83. The molecule has 2 nitrogen and oxygen atoms in total. The van der Waals surface area contributed by atoms with Gasteiger partial charge in [-0.3, -0.25) is 0 Å². The SMILES string of the molecule is [CH2]CCC/C=C/C(=O)OC. The normalized spacial score (nSPS) is 10.2. The van der Waals surface area contributed by atoms with Gasteiger partial charge in [0.05, 0.1) is 7.11 Å². The first-order valence-corrected chi connectivity index (χ1v) is 3.35. The van der Waals surface area contributed by atoms with E-state index in [-0.39, 0.29) is 5.97 Å². The molecule has 1 radical (unpaired) electrons. The average molecular weight is 141 g/mol. The van der Waals surface area contributed by atoms with Crippen molar-refractivity contribution in [3.8, 4) is 0 Å². The number of esters is 1. The topological polar surface area (TPSA) is 26.3 Å². The molecule has 0 aromatic rings. The van der Waals surface area contributed by atoms with E-state index in [1.807, 2.05) is 0 Å². The van der Waals surface area contributed by atoms with Crippen LogP contribution in [0, 0.1) is 6.92 Å². The number of hydrogen-bond donors (Lipinski definition) is 0. The van der Waals surface area contributed by atoms with E-state index >= 15 is 0 Å². The van der Waals surface area contributed by atoms with Crippen LogP contribution in [0.3, 0.4) is 0 Å². The summed E-state index contributed by atoms with van der Waals surface area (Å²) in [5, 5.41) is 0. The summed E-state index contributed by atoms with van der Waals surface area (Å²) in [4.78, 5) is 10.5. The molecule has 0 atom stereocenters. The quantitative estimate of drug-likeness (QED) is 0.338. The molecule has 2 heteroatoms. The van der Waals surface area contributed by atoms with Gasteiger partial charge in [0.2, 0.25) is 0 Å². The number of carbonyl (C=O) groups excluding carboxylic acids is 1. The molecule has 57 valence electrons. The van der Waals surface area contributed by atoms with Crippen molar-refractivity contribution in [2.45, 2.75) is 19.3 Å². The minimum atomic E-state index is -0.288. The molecule has 0 fully saturated rings. The van der Waals surface area contributed by atoms with Gasteiger partial charge < -0.3 is 4.74 Å². The zero-order chi connectivity index (χ0) is 7.82. The van der Waals surface area contributed by atoms with Gasteiger partial charge in [-0.1, -0.05) is 19.4 Å². The molecule has 0 saturated heterocycles. The molecule has 0 aliphatic rings. The molecule has 10 heavy (non-hydrogen) atoms. The highest BCUT2D eigenvalue weighted by atomic mass is 16.5. The molecule has 0 aromatic heterocycles. The van der Waals surface area contributed by atoms with E-state index in [0.717, 1.165) is 19.3 Å². The van der Waals surface area contributed by atoms with Crippen LogP contribution < -0.4 is 0 Å². The summed E-state index contributed by atoms with van der Waals surface area (Å²) in [5.74, 6) is -0.288. The fourth-order valence-electron chi connectivity index (χ4n) is 0.510. The van der Waals surface area contributed by atoms with Gasteiger partial charge in [0.25, 0.3) is 0 Å². The maximum atomic E-state index is 10.5. The number of hydrogen-bond acceptors (Lipinski definition) is 2. The second kappa shape index (κ2) is 6.33. The lowest BCUT2D eigenvalue weighted by molar-refractivity contribution is -0.134. The van der Waals surface area contributed by atoms with Crippen LogP contribution in [-0.2, 0) is 9.53 Å². The summed E-state index contributed by atoms with van der Waals surface area (Å²) in [6, 6.07) is 0. The third-order valence-electron chi connectivity index (χ3n) is 1.08. The third kappa shape index (κ3) is 5.35. The van der Waals surface area contributed by atoms with Gasteiger partial charge in [0.15, 0.2) is 0 Å². The summed E-state index contributed by atoms with van der Waals surface area (Å²) < 4.78 is 4.39. The standard InChI is InChI=1S/C8H13O2/c1-3-4-5-6-7-8(9)10-2/h6-7H,1,3-5H2,2H3/b7-6+. The number of allylic oxidation sites excluding steroid dienone is 1. The molecule has 0 aliphatic carbocycles. The molecule has 0 rings (SSSR count). The van der Waals surface area contributed by atoms with Crippen molar-refractivity contribution in [2.24, 2.45) is 0 Å². The van der Waals surface area contributed by atoms with E-state index in [1.165, 1.54) is 13.2 Å². The zero-order valence-electron chi connectivity index (χ0n) is 6.30. The van der Waals surface area contributed by atoms with Crippen LogP contribution in [0.25, 0.3) is 0 Å². The molecule has 0 saturated carbocycles. The van der Waals surface area contributed by atoms with Crippen LogP contribution >= 0.6 is 0 Å². The average Bonchev–Trinajstić information content (AvgIpc) is 1.98. The lowest BCUT2D eigenvalue weighted by Crippen LogP contribution is -1.93. The van der Waals surface area contributed by atoms with Gasteiger partial charge in [0, 0.05) is 6.08 Å². The second-order valence-electron chi connectivity index (χ2n) is 1.92. The molecule has 0 amide bonds. The smallest absolute Gasteiger partial charge is 0.330 e. The summed E-state index contributed by atoms with van der Waals surface area (Å²) in [7, 11) is 1.37. The van der Waals surface area contributed by atoms with Gasteiger partial charge >= 0.3 is 5.97 Å². The van der Waals surface area contributed by atoms with Crippen molar-refractivity contribution in [2.75, 3.05) is 7.11 Å². The molecule has 0 aromatic carbocycles. The van der Waals surface area contributed by atoms with Crippen molar-refractivity contribution >= 4 is 5.97 Å². The Morgan fingerprint density at radius 3 is 2.90 bits per heavy atom. The van der Waals surface area contributed by atoms with Gasteiger partial charge in [0.1, 0.15) is 0 Å². The van der Waals surface area contributed by atoms with E-state index in [1.54, 1.807) is 6.08 Å². The van der Waals surface area contributed by atoms with Crippen LogP contribution in [0.1, 0.15) is 19.3 Å². The summed E-state index contributed by atoms with van der Waals surface area (Å²) in [5.41, 5.74) is 0. The Labute approximate surface area is 61.9 Å². The van der Waals surface area contributed by atoms with Gasteiger partial charge in [-0.2, -0.15) is 0 Å².